The van der Waals surface area contributed by atoms with Gasteiger partial charge in [-0.3, -0.25) is 9.59 Å². The highest BCUT2D eigenvalue weighted by molar-refractivity contribution is 6.30. The molecule has 0 bridgehead atoms. The zero-order valence-electron chi connectivity index (χ0n) is 15.0. The van der Waals surface area contributed by atoms with Crippen molar-refractivity contribution in [3.63, 3.8) is 0 Å². The Labute approximate surface area is 163 Å². The lowest BCUT2D eigenvalue weighted by Crippen LogP contribution is -2.41. The van der Waals surface area contributed by atoms with E-state index in [1.807, 2.05) is 52.3 Å². The van der Waals surface area contributed by atoms with E-state index < -0.39 is 0 Å². The number of halogens is 1. The average Bonchev–Trinajstić information content (AvgIpc) is 2.81. The molecule has 2 aromatic carbocycles. The fourth-order valence-electron chi connectivity index (χ4n) is 4.88. The van der Waals surface area contributed by atoms with Crippen molar-refractivity contribution in [2.45, 2.75) is 44.2 Å². The number of hydrogen-bond acceptors (Lipinski definition) is 2. The molecule has 2 atom stereocenters. The lowest BCUT2D eigenvalue weighted by atomic mass is 9.88. The Kier molecular flexibility index (Phi) is 3.97. The van der Waals surface area contributed by atoms with E-state index in [0.29, 0.717) is 11.4 Å². The first kappa shape index (κ1) is 16.8. The molecule has 1 fully saturated rings. The molecule has 5 heteroatoms. The van der Waals surface area contributed by atoms with Crippen LogP contribution in [0.4, 0.5) is 5.69 Å². The Balaban J connectivity index is 1.65. The summed E-state index contributed by atoms with van der Waals surface area (Å²) in [5.41, 5.74) is 3.72. The number of carbonyl (C=O) groups is 2. The number of likely N-dealkylation sites (tertiary alicyclic amines) is 1. The molecular weight excluding hydrogens is 360 g/mol. The van der Waals surface area contributed by atoms with Gasteiger partial charge in [-0.15, -0.1) is 0 Å². The van der Waals surface area contributed by atoms with Gasteiger partial charge in [0.25, 0.3) is 5.91 Å². The minimum Gasteiger partial charge on any atom is -0.335 e. The Morgan fingerprint density at radius 1 is 0.926 bits per heavy atom. The van der Waals surface area contributed by atoms with Gasteiger partial charge < -0.3 is 9.80 Å². The van der Waals surface area contributed by atoms with Gasteiger partial charge in [0, 0.05) is 23.6 Å². The van der Waals surface area contributed by atoms with Gasteiger partial charge in [-0.05, 0) is 54.7 Å². The molecule has 0 N–H and O–H groups in total. The standard InChI is InChI=1S/C22H21ClN2O2/c23-14-9-10-18-17(12-14)19(24-11-5-1-2-8-21(24)26)13-20-15-6-3-4-7-16(15)22(27)25(18)20/h3-4,6-7,9-10,12,19-20H,1-2,5,8,11,13H2. The van der Waals surface area contributed by atoms with Crippen LogP contribution in [-0.4, -0.2) is 23.3 Å². The third kappa shape index (κ3) is 2.58. The van der Waals surface area contributed by atoms with Crippen molar-refractivity contribution in [3.05, 3.63) is 64.2 Å². The third-order valence-electron chi connectivity index (χ3n) is 6.12. The third-order valence-corrected chi connectivity index (χ3v) is 6.36. The number of nitrogens with zero attached hydrogens (tertiary/aromatic N) is 2. The van der Waals surface area contributed by atoms with Gasteiger partial charge in [-0.25, -0.2) is 0 Å². The summed E-state index contributed by atoms with van der Waals surface area (Å²) >= 11 is 6.31. The lowest BCUT2D eigenvalue weighted by Gasteiger charge is -2.42. The molecule has 0 aromatic heterocycles. The second kappa shape index (κ2) is 6.38. The topological polar surface area (TPSA) is 40.6 Å². The minimum absolute atomic E-state index is 0.0246. The molecule has 1 saturated heterocycles. The highest BCUT2D eigenvalue weighted by atomic mass is 35.5. The second-order valence-electron chi connectivity index (χ2n) is 7.63. The summed E-state index contributed by atoms with van der Waals surface area (Å²) in [6, 6.07) is 13.5. The largest absolute Gasteiger partial charge is 0.335 e. The van der Waals surface area contributed by atoms with Gasteiger partial charge in [0.15, 0.2) is 0 Å². The predicted molar refractivity (Wildman–Crippen MR) is 105 cm³/mol. The van der Waals surface area contributed by atoms with Crippen LogP contribution in [0.2, 0.25) is 5.02 Å². The number of anilines is 1. The van der Waals surface area contributed by atoms with E-state index in [1.165, 1.54) is 0 Å². The van der Waals surface area contributed by atoms with E-state index in [0.717, 1.165) is 54.6 Å². The molecule has 3 heterocycles. The molecule has 0 saturated carbocycles. The molecular formula is C22H21ClN2O2. The van der Waals surface area contributed by atoms with Crippen molar-refractivity contribution in [2.75, 3.05) is 11.4 Å². The van der Waals surface area contributed by atoms with E-state index in [4.69, 9.17) is 11.6 Å². The molecule has 2 aromatic rings. The number of fused-ring (bicyclic) bond motifs is 5. The summed E-state index contributed by atoms with van der Waals surface area (Å²) in [6.45, 7) is 0.776. The minimum atomic E-state index is -0.0375. The van der Waals surface area contributed by atoms with E-state index in [9.17, 15) is 9.59 Å². The maximum absolute atomic E-state index is 13.1. The zero-order chi connectivity index (χ0) is 18.5. The normalized spacial score (nSPS) is 24.3. The van der Waals surface area contributed by atoms with Gasteiger partial charge in [0.1, 0.15) is 0 Å². The monoisotopic (exact) mass is 380 g/mol. The molecule has 3 aliphatic rings. The zero-order valence-corrected chi connectivity index (χ0v) is 15.8. The number of rotatable bonds is 1. The van der Waals surface area contributed by atoms with Crippen molar-refractivity contribution in [1.29, 1.82) is 0 Å². The SMILES string of the molecule is O=C1CCCCCN1C1CC2c3ccccc3C(=O)N2c2ccc(Cl)cc21. The van der Waals surface area contributed by atoms with Crippen LogP contribution in [0.5, 0.6) is 0 Å². The maximum atomic E-state index is 13.1. The highest BCUT2D eigenvalue weighted by Gasteiger charge is 2.45. The van der Waals surface area contributed by atoms with Crippen LogP contribution in [0, 0.1) is 0 Å². The molecule has 0 aliphatic carbocycles. The van der Waals surface area contributed by atoms with Crippen molar-refractivity contribution < 1.29 is 9.59 Å². The van der Waals surface area contributed by atoms with Gasteiger partial charge in [-0.2, -0.15) is 0 Å². The lowest BCUT2D eigenvalue weighted by molar-refractivity contribution is -0.133. The van der Waals surface area contributed by atoms with Crippen molar-refractivity contribution in [1.82, 2.24) is 4.90 Å². The Morgan fingerprint density at radius 3 is 2.67 bits per heavy atom. The molecule has 3 aliphatic heterocycles. The van der Waals surface area contributed by atoms with Crippen LogP contribution in [0.1, 0.15) is 65.7 Å². The summed E-state index contributed by atoms with van der Waals surface area (Å²) in [4.78, 5) is 29.8. The van der Waals surface area contributed by atoms with Crippen LogP contribution in [-0.2, 0) is 4.79 Å². The Morgan fingerprint density at radius 2 is 1.78 bits per heavy atom. The molecule has 0 spiro atoms. The first-order valence-corrected chi connectivity index (χ1v) is 10.0. The van der Waals surface area contributed by atoms with E-state index >= 15 is 0 Å². The predicted octanol–water partition coefficient (Wildman–Crippen LogP) is 4.89. The van der Waals surface area contributed by atoms with Crippen LogP contribution in [0.15, 0.2) is 42.5 Å². The summed E-state index contributed by atoms with van der Waals surface area (Å²) in [7, 11) is 0. The molecule has 5 rings (SSSR count). The fraction of sp³-hybridized carbons (Fsp3) is 0.364. The molecule has 4 nitrogen and oxygen atoms in total. The molecule has 0 radical (unpaired) electrons. The van der Waals surface area contributed by atoms with E-state index in [2.05, 4.69) is 0 Å². The Bertz CT molecular complexity index is 942. The smallest absolute Gasteiger partial charge is 0.259 e. The number of amides is 2. The number of hydrogen-bond donors (Lipinski definition) is 0. The van der Waals surface area contributed by atoms with Gasteiger partial charge >= 0.3 is 0 Å². The van der Waals surface area contributed by atoms with Crippen LogP contribution in [0.25, 0.3) is 0 Å². The maximum Gasteiger partial charge on any atom is 0.259 e. The molecule has 138 valence electrons. The molecule has 2 amide bonds. The summed E-state index contributed by atoms with van der Waals surface area (Å²) in [5.74, 6) is 0.259. The van der Waals surface area contributed by atoms with Crippen LogP contribution >= 0.6 is 11.6 Å². The van der Waals surface area contributed by atoms with E-state index in [1.54, 1.807) is 0 Å². The van der Waals surface area contributed by atoms with Gasteiger partial charge in [0.05, 0.1) is 17.8 Å². The first-order chi connectivity index (χ1) is 13.1. The fourth-order valence-corrected chi connectivity index (χ4v) is 5.06. The first-order valence-electron chi connectivity index (χ1n) is 9.66. The summed E-state index contributed by atoms with van der Waals surface area (Å²) < 4.78 is 0. The highest BCUT2D eigenvalue weighted by Crippen LogP contribution is 2.51. The Hall–Kier alpha value is -2.33. The summed E-state index contributed by atoms with van der Waals surface area (Å²) in [5, 5.41) is 0.642. The van der Waals surface area contributed by atoms with E-state index in [-0.39, 0.29) is 23.9 Å². The second-order valence-corrected chi connectivity index (χ2v) is 8.07. The quantitative estimate of drug-likeness (QED) is 0.706. The summed E-state index contributed by atoms with van der Waals surface area (Å²) in [6.07, 6.45) is 4.41. The van der Waals surface area contributed by atoms with Crippen molar-refractivity contribution >= 4 is 29.1 Å². The molecule has 2 unspecified atom stereocenters. The van der Waals surface area contributed by atoms with Gasteiger partial charge in [-0.1, -0.05) is 36.2 Å². The molecule has 27 heavy (non-hydrogen) atoms. The van der Waals surface area contributed by atoms with Crippen molar-refractivity contribution in [2.24, 2.45) is 0 Å². The van der Waals surface area contributed by atoms with Crippen molar-refractivity contribution in [3.8, 4) is 0 Å². The number of carbonyl (C=O) groups excluding carboxylic acids is 2. The number of benzene rings is 2. The average molecular weight is 381 g/mol. The van der Waals surface area contributed by atoms with Crippen LogP contribution in [0.3, 0.4) is 0 Å². The van der Waals surface area contributed by atoms with Gasteiger partial charge in [0.2, 0.25) is 5.91 Å². The van der Waals surface area contributed by atoms with Crippen LogP contribution < -0.4 is 4.90 Å².